The molecule has 1 aliphatic heterocycles. The zero-order valence-corrected chi connectivity index (χ0v) is 10.1. The molecule has 4 heteroatoms. The number of nitrogens with one attached hydrogen (secondary N) is 2. The van der Waals surface area contributed by atoms with Crippen LogP contribution in [0.5, 0.6) is 11.5 Å². The number of aromatic amines is 1. The van der Waals surface area contributed by atoms with Crippen molar-refractivity contribution in [2.45, 2.75) is 13.1 Å². The summed E-state index contributed by atoms with van der Waals surface area (Å²) in [5.74, 6) is 1.69. The second-order valence-electron chi connectivity index (χ2n) is 4.28. The third-order valence-electron chi connectivity index (χ3n) is 2.91. The van der Waals surface area contributed by atoms with E-state index < -0.39 is 0 Å². The molecule has 94 valence electrons. The Morgan fingerprint density at radius 3 is 2.78 bits per heavy atom. The molecule has 0 spiro atoms. The highest BCUT2D eigenvalue weighted by atomic mass is 16.6. The van der Waals surface area contributed by atoms with Gasteiger partial charge in [-0.3, -0.25) is 0 Å². The third kappa shape index (κ3) is 2.49. The largest absolute Gasteiger partial charge is 0.486 e. The number of hydrogen-bond donors (Lipinski definition) is 2. The van der Waals surface area contributed by atoms with Gasteiger partial charge >= 0.3 is 0 Å². The summed E-state index contributed by atoms with van der Waals surface area (Å²) in [7, 11) is 0. The van der Waals surface area contributed by atoms with E-state index in [4.69, 9.17) is 9.47 Å². The van der Waals surface area contributed by atoms with E-state index in [1.54, 1.807) is 0 Å². The molecule has 0 saturated carbocycles. The topological polar surface area (TPSA) is 46.3 Å². The molecular formula is C14H16N2O2. The highest BCUT2D eigenvalue weighted by molar-refractivity contribution is 5.43. The first-order valence-corrected chi connectivity index (χ1v) is 6.13. The van der Waals surface area contributed by atoms with Crippen LogP contribution in [0.4, 0.5) is 0 Å². The number of ether oxygens (including phenoxy) is 2. The van der Waals surface area contributed by atoms with Gasteiger partial charge in [0.2, 0.25) is 0 Å². The molecule has 18 heavy (non-hydrogen) atoms. The number of fused-ring (bicyclic) bond motifs is 1. The van der Waals surface area contributed by atoms with Crippen LogP contribution >= 0.6 is 0 Å². The molecule has 1 aliphatic rings. The smallest absolute Gasteiger partial charge is 0.161 e. The van der Waals surface area contributed by atoms with E-state index >= 15 is 0 Å². The maximum atomic E-state index is 5.56. The van der Waals surface area contributed by atoms with E-state index in [1.807, 2.05) is 24.4 Å². The molecule has 1 aromatic carbocycles. The van der Waals surface area contributed by atoms with Gasteiger partial charge < -0.3 is 19.8 Å². The van der Waals surface area contributed by atoms with Crippen molar-refractivity contribution in [2.24, 2.45) is 0 Å². The Morgan fingerprint density at radius 2 is 1.94 bits per heavy atom. The summed E-state index contributed by atoms with van der Waals surface area (Å²) < 4.78 is 11.0. The third-order valence-corrected chi connectivity index (χ3v) is 2.91. The molecule has 3 rings (SSSR count). The van der Waals surface area contributed by atoms with Gasteiger partial charge in [-0.25, -0.2) is 0 Å². The standard InChI is InChI=1S/C14H16N2O2/c1-2-12(16-5-1)10-15-9-11-3-4-13-14(8-11)18-7-6-17-13/h1-5,8,15-16H,6-7,9-10H2. The number of benzene rings is 1. The second-order valence-corrected chi connectivity index (χ2v) is 4.28. The molecule has 0 amide bonds. The predicted octanol–water partition coefficient (Wildman–Crippen LogP) is 2.08. The predicted molar refractivity (Wildman–Crippen MR) is 68.8 cm³/mol. The lowest BCUT2D eigenvalue weighted by Crippen LogP contribution is -2.16. The summed E-state index contributed by atoms with van der Waals surface area (Å²) in [5, 5.41) is 3.38. The van der Waals surface area contributed by atoms with Crippen LogP contribution in [0.15, 0.2) is 36.5 Å². The van der Waals surface area contributed by atoms with Gasteiger partial charge in [0.15, 0.2) is 11.5 Å². The molecule has 2 heterocycles. The fraction of sp³-hybridized carbons (Fsp3) is 0.286. The summed E-state index contributed by atoms with van der Waals surface area (Å²) in [6.45, 7) is 2.92. The molecule has 4 nitrogen and oxygen atoms in total. The van der Waals surface area contributed by atoms with Gasteiger partial charge in [-0.1, -0.05) is 6.07 Å². The van der Waals surface area contributed by atoms with Crippen LogP contribution in [0.2, 0.25) is 0 Å². The summed E-state index contributed by atoms with van der Waals surface area (Å²) in [4.78, 5) is 3.17. The molecule has 0 bridgehead atoms. The molecule has 0 unspecified atom stereocenters. The van der Waals surface area contributed by atoms with Gasteiger partial charge in [0.25, 0.3) is 0 Å². The van der Waals surface area contributed by atoms with Crippen LogP contribution in [0.3, 0.4) is 0 Å². The van der Waals surface area contributed by atoms with Crippen molar-refractivity contribution in [3.63, 3.8) is 0 Å². The van der Waals surface area contributed by atoms with Crippen molar-refractivity contribution in [1.29, 1.82) is 0 Å². The number of aromatic nitrogens is 1. The van der Waals surface area contributed by atoms with E-state index in [0.717, 1.165) is 24.6 Å². The van der Waals surface area contributed by atoms with Crippen molar-refractivity contribution in [2.75, 3.05) is 13.2 Å². The van der Waals surface area contributed by atoms with Crippen molar-refractivity contribution in [1.82, 2.24) is 10.3 Å². The molecule has 1 aromatic heterocycles. The Labute approximate surface area is 106 Å². The highest BCUT2D eigenvalue weighted by Crippen LogP contribution is 2.30. The van der Waals surface area contributed by atoms with Crippen LogP contribution in [-0.4, -0.2) is 18.2 Å². The SMILES string of the molecule is c1c[nH]c(CNCc2ccc3c(c2)OCCO3)c1. The molecule has 0 fully saturated rings. The average molecular weight is 244 g/mol. The highest BCUT2D eigenvalue weighted by Gasteiger charge is 2.11. The molecule has 0 aliphatic carbocycles. The Balaban J connectivity index is 1.59. The average Bonchev–Trinajstić information content (AvgIpc) is 2.92. The van der Waals surface area contributed by atoms with Gasteiger partial charge in [0.1, 0.15) is 13.2 Å². The first kappa shape index (κ1) is 11.2. The van der Waals surface area contributed by atoms with Gasteiger partial charge in [-0.15, -0.1) is 0 Å². The molecule has 2 N–H and O–H groups in total. The quantitative estimate of drug-likeness (QED) is 0.865. The minimum atomic E-state index is 0.631. The van der Waals surface area contributed by atoms with Crippen LogP contribution in [-0.2, 0) is 13.1 Å². The minimum absolute atomic E-state index is 0.631. The summed E-state index contributed by atoms with van der Waals surface area (Å²) in [5.41, 5.74) is 2.39. The molecular weight excluding hydrogens is 228 g/mol. The first-order valence-electron chi connectivity index (χ1n) is 6.13. The summed E-state index contributed by atoms with van der Waals surface area (Å²) in [6.07, 6.45) is 1.93. The lowest BCUT2D eigenvalue weighted by molar-refractivity contribution is 0.171. The van der Waals surface area contributed by atoms with Gasteiger partial charge in [-0.05, 0) is 29.8 Å². The summed E-state index contributed by atoms with van der Waals surface area (Å²) >= 11 is 0. The fourth-order valence-corrected chi connectivity index (χ4v) is 2.02. The molecule has 0 saturated heterocycles. The van der Waals surface area contributed by atoms with Crippen LogP contribution < -0.4 is 14.8 Å². The lowest BCUT2D eigenvalue weighted by Gasteiger charge is -2.18. The number of rotatable bonds is 4. The Morgan fingerprint density at radius 1 is 1.06 bits per heavy atom. The van der Waals surface area contributed by atoms with E-state index in [-0.39, 0.29) is 0 Å². The normalized spacial score (nSPS) is 13.6. The van der Waals surface area contributed by atoms with Crippen molar-refractivity contribution >= 4 is 0 Å². The van der Waals surface area contributed by atoms with Gasteiger partial charge in [-0.2, -0.15) is 0 Å². The second kappa shape index (κ2) is 5.14. The molecule has 2 aromatic rings. The van der Waals surface area contributed by atoms with Crippen molar-refractivity contribution in [3.8, 4) is 11.5 Å². The van der Waals surface area contributed by atoms with Gasteiger partial charge in [0, 0.05) is 25.0 Å². The van der Waals surface area contributed by atoms with Crippen molar-refractivity contribution in [3.05, 3.63) is 47.8 Å². The molecule has 0 radical (unpaired) electrons. The van der Waals surface area contributed by atoms with Gasteiger partial charge in [0.05, 0.1) is 0 Å². The lowest BCUT2D eigenvalue weighted by atomic mass is 10.2. The van der Waals surface area contributed by atoms with Crippen LogP contribution in [0.25, 0.3) is 0 Å². The van der Waals surface area contributed by atoms with Crippen LogP contribution in [0.1, 0.15) is 11.3 Å². The maximum Gasteiger partial charge on any atom is 0.161 e. The van der Waals surface area contributed by atoms with Crippen molar-refractivity contribution < 1.29 is 9.47 Å². The zero-order valence-electron chi connectivity index (χ0n) is 10.1. The van der Waals surface area contributed by atoms with E-state index in [9.17, 15) is 0 Å². The van der Waals surface area contributed by atoms with E-state index in [1.165, 1.54) is 11.3 Å². The minimum Gasteiger partial charge on any atom is -0.486 e. The maximum absolute atomic E-state index is 5.56. The van der Waals surface area contributed by atoms with E-state index in [2.05, 4.69) is 22.4 Å². The summed E-state index contributed by atoms with van der Waals surface area (Å²) in [6, 6.07) is 10.1. The Kier molecular flexibility index (Phi) is 3.19. The fourth-order valence-electron chi connectivity index (χ4n) is 2.02. The molecule has 0 atom stereocenters. The van der Waals surface area contributed by atoms with E-state index in [0.29, 0.717) is 13.2 Å². The number of hydrogen-bond acceptors (Lipinski definition) is 3. The Bertz CT molecular complexity index is 509. The monoisotopic (exact) mass is 244 g/mol. The first-order chi connectivity index (χ1) is 8.92. The Hall–Kier alpha value is -1.94. The van der Waals surface area contributed by atoms with Crippen LogP contribution in [0, 0.1) is 0 Å². The zero-order chi connectivity index (χ0) is 12.2. The number of H-pyrrole nitrogens is 1.